The zero-order chi connectivity index (χ0) is 20.8. The number of ether oxygens (including phenoxy) is 2. The van der Waals surface area contributed by atoms with Crippen molar-refractivity contribution in [1.82, 2.24) is 4.90 Å². The summed E-state index contributed by atoms with van der Waals surface area (Å²) in [6.07, 6.45) is 0.936. The summed E-state index contributed by atoms with van der Waals surface area (Å²) in [7, 11) is 1.62. The summed E-state index contributed by atoms with van der Waals surface area (Å²) in [5, 5.41) is 0.662. The summed E-state index contributed by atoms with van der Waals surface area (Å²) in [6.45, 7) is 4.42. The Morgan fingerprint density at radius 1 is 1.10 bits per heavy atom. The molecule has 0 bridgehead atoms. The molecule has 0 radical (unpaired) electrons. The van der Waals surface area contributed by atoms with Crippen LogP contribution in [0.15, 0.2) is 65.3 Å². The van der Waals surface area contributed by atoms with E-state index in [0.29, 0.717) is 29.6 Å². The lowest BCUT2D eigenvalue weighted by molar-refractivity contribution is -0.139. The number of furan rings is 1. The van der Waals surface area contributed by atoms with Crippen LogP contribution in [0.25, 0.3) is 0 Å². The highest BCUT2D eigenvalue weighted by Gasteiger charge is 2.23. The number of halogens is 1. The Morgan fingerprint density at radius 3 is 2.45 bits per heavy atom. The van der Waals surface area contributed by atoms with Gasteiger partial charge in [0.2, 0.25) is 0 Å². The van der Waals surface area contributed by atoms with Gasteiger partial charge in [-0.3, -0.25) is 4.79 Å². The van der Waals surface area contributed by atoms with Gasteiger partial charge in [-0.25, -0.2) is 0 Å². The van der Waals surface area contributed by atoms with Crippen LogP contribution in [-0.4, -0.2) is 24.0 Å². The molecular formula is C23H24ClNO4. The summed E-state index contributed by atoms with van der Waals surface area (Å²) >= 11 is 6.07. The maximum absolute atomic E-state index is 13.2. The van der Waals surface area contributed by atoms with Crippen LogP contribution in [0, 0.1) is 6.92 Å². The van der Waals surface area contributed by atoms with Crippen molar-refractivity contribution in [2.45, 2.75) is 33.0 Å². The minimum atomic E-state index is -0.663. The quantitative estimate of drug-likeness (QED) is 0.506. The van der Waals surface area contributed by atoms with Gasteiger partial charge >= 0.3 is 0 Å². The summed E-state index contributed by atoms with van der Waals surface area (Å²) in [4.78, 5) is 14.9. The van der Waals surface area contributed by atoms with Gasteiger partial charge < -0.3 is 18.8 Å². The highest BCUT2D eigenvalue weighted by molar-refractivity contribution is 6.31. The van der Waals surface area contributed by atoms with Gasteiger partial charge in [-0.15, -0.1) is 0 Å². The van der Waals surface area contributed by atoms with E-state index in [-0.39, 0.29) is 5.91 Å². The third kappa shape index (κ3) is 5.55. The van der Waals surface area contributed by atoms with Crippen LogP contribution in [-0.2, 0) is 17.9 Å². The fraction of sp³-hybridized carbons (Fsp3) is 0.261. The molecule has 0 saturated heterocycles. The number of hydrogen-bond donors (Lipinski definition) is 0. The number of benzene rings is 2. The molecule has 0 N–H and O–H groups in total. The first-order chi connectivity index (χ1) is 14.0. The lowest BCUT2D eigenvalue weighted by Crippen LogP contribution is -2.39. The number of nitrogens with zero attached hydrogens (tertiary/aromatic N) is 1. The number of carbonyl (C=O) groups excluding carboxylic acids is 1. The van der Waals surface area contributed by atoms with Crippen LogP contribution in [0.5, 0.6) is 11.5 Å². The summed E-state index contributed by atoms with van der Waals surface area (Å²) in [6, 6.07) is 16.6. The molecule has 2 aromatic carbocycles. The Hall–Kier alpha value is -2.92. The molecule has 0 fully saturated rings. The van der Waals surface area contributed by atoms with E-state index in [1.165, 1.54) is 0 Å². The maximum atomic E-state index is 13.2. The third-order valence-corrected chi connectivity index (χ3v) is 4.99. The Balaban J connectivity index is 1.75. The van der Waals surface area contributed by atoms with E-state index in [4.69, 9.17) is 25.5 Å². The minimum Gasteiger partial charge on any atom is -0.497 e. The third-order valence-electron chi connectivity index (χ3n) is 4.56. The van der Waals surface area contributed by atoms with Gasteiger partial charge in [-0.1, -0.05) is 23.7 Å². The fourth-order valence-corrected chi connectivity index (χ4v) is 3.07. The monoisotopic (exact) mass is 413 g/mol. The molecule has 1 aromatic heterocycles. The predicted octanol–water partition coefficient (Wildman–Crippen LogP) is 5.25. The molecule has 0 saturated carbocycles. The number of carbonyl (C=O) groups is 1. The fourth-order valence-electron chi connectivity index (χ4n) is 2.96. The highest BCUT2D eigenvalue weighted by atomic mass is 35.5. The largest absolute Gasteiger partial charge is 0.497 e. The Morgan fingerprint density at radius 2 is 1.83 bits per heavy atom. The Bertz CT molecular complexity index is 938. The zero-order valence-electron chi connectivity index (χ0n) is 16.7. The van der Waals surface area contributed by atoms with Crippen molar-refractivity contribution in [3.63, 3.8) is 0 Å². The van der Waals surface area contributed by atoms with E-state index < -0.39 is 6.10 Å². The lowest BCUT2D eigenvalue weighted by atomic mass is 10.2. The van der Waals surface area contributed by atoms with Gasteiger partial charge in [-0.2, -0.15) is 0 Å². The second-order valence-electron chi connectivity index (χ2n) is 6.79. The molecule has 1 atom stereocenters. The Kier molecular flexibility index (Phi) is 6.83. The number of rotatable bonds is 8. The summed E-state index contributed by atoms with van der Waals surface area (Å²) < 4.78 is 16.5. The van der Waals surface area contributed by atoms with E-state index in [2.05, 4.69) is 0 Å². The molecule has 0 aliphatic heterocycles. The summed E-state index contributed by atoms with van der Waals surface area (Å²) in [5.74, 6) is 1.95. The molecule has 29 heavy (non-hydrogen) atoms. The van der Waals surface area contributed by atoms with Crippen molar-refractivity contribution in [2.24, 2.45) is 0 Å². The van der Waals surface area contributed by atoms with Crippen molar-refractivity contribution >= 4 is 17.5 Å². The standard InChI is InChI=1S/C23H24ClNO4/c1-16-13-20(10-11-22(16)24)29-17(2)23(26)25(15-21-5-4-12-28-21)14-18-6-8-19(27-3)9-7-18/h4-13,17H,14-15H2,1-3H3/t17-/m0/s1. The van der Waals surface area contributed by atoms with Crippen molar-refractivity contribution in [1.29, 1.82) is 0 Å². The topological polar surface area (TPSA) is 51.9 Å². The zero-order valence-corrected chi connectivity index (χ0v) is 17.5. The van der Waals surface area contributed by atoms with Crippen molar-refractivity contribution < 1.29 is 18.7 Å². The molecule has 3 rings (SSSR count). The molecule has 0 aliphatic carbocycles. The van der Waals surface area contributed by atoms with Crippen molar-refractivity contribution in [3.05, 3.63) is 82.8 Å². The molecule has 0 aliphatic rings. The molecule has 1 heterocycles. The smallest absolute Gasteiger partial charge is 0.264 e. The molecule has 5 nitrogen and oxygen atoms in total. The van der Waals surface area contributed by atoms with Gasteiger partial charge in [0, 0.05) is 11.6 Å². The van der Waals surface area contributed by atoms with E-state index in [0.717, 1.165) is 16.9 Å². The molecule has 3 aromatic rings. The van der Waals surface area contributed by atoms with Gasteiger partial charge in [0.15, 0.2) is 6.10 Å². The highest BCUT2D eigenvalue weighted by Crippen LogP contribution is 2.23. The number of amides is 1. The number of hydrogen-bond acceptors (Lipinski definition) is 4. The van der Waals surface area contributed by atoms with Crippen LogP contribution >= 0.6 is 11.6 Å². The molecule has 6 heteroatoms. The Labute approximate surface area is 175 Å². The van der Waals surface area contributed by atoms with Crippen molar-refractivity contribution in [2.75, 3.05) is 7.11 Å². The molecular weight excluding hydrogens is 390 g/mol. The van der Waals surface area contributed by atoms with Crippen LogP contribution in [0.1, 0.15) is 23.8 Å². The van der Waals surface area contributed by atoms with Crippen LogP contribution in [0.2, 0.25) is 5.02 Å². The normalized spacial score (nSPS) is 11.7. The molecule has 1 amide bonds. The van der Waals surface area contributed by atoms with Crippen LogP contribution < -0.4 is 9.47 Å². The van der Waals surface area contributed by atoms with E-state index in [9.17, 15) is 4.79 Å². The second-order valence-corrected chi connectivity index (χ2v) is 7.20. The lowest BCUT2D eigenvalue weighted by Gasteiger charge is -2.26. The van der Waals surface area contributed by atoms with Gasteiger partial charge in [0.1, 0.15) is 17.3 Å². The molecule has 0 spiro atoms. The van der Waals surface area contributed by atoms with Crippen LogP contribution in [0.4, 0.5) is 0 Å². The van der Waals surface area contributed by atoms with Crippen molar-refractivity contribution in [3.8, 4) is 11.5 Å². The number of aryl methyl sites for hydroxylation is 1. The van der Waals surface area contributed by atoms with Gasteiger partial charge in [0.25, 0.3) is 5.91 Å². The molecule has 152 valence electrons. The number of methoxy groups -OCH3 is 1. The van der Waals surface area contributed by atoms with Gasteiger partial charge in [-0.05, 0) is 67.4 Å². The van der Waals surface area contributed by atoms with E-state index in [1.54, 1.807) is 37.3 Å². The second kappa shape index (κ2) is 9.52. The average Bonchev–Trinajstić information content (AvgIpc) is 3.23. The SMILES string of the molecule is COc1ccc(CN(Cc2ccco2)C(=O)[C@H](C)Oc2ccc(Cl)c(C)c2)cc1. The first-order valence-electron chi connectivity index (χ1n) is 9.33. The minimum absolute atomic E-state index is 0.134. The maximum Gasteiger partial charge on any atom is 0.264 e. The van der Waals surface area contributed by atoms with E-state index in [1.807, 2.05) is 49.4 Å². The first kappa shape index (κ1) is 20.8. The van der Waals surface area contributed by atoms with E-state index >= 15 is 0 Å². The van der Waals surface area contributed by atoms with Gasteiger partial charge in [0.05, 0.1) is 19.9 Å². The predicted molar refractivity (Wildman–Crippen MR) is 112 cm³/mol. The van der Waals surface area contributed by atoms with Crippen LogP contribution in [0.3, 0.4) is 0 Å². The molecule has 0 unspecified atom stereocenters. The first-order valence-corrected chi connectivity index (χ1v) is 9.71. The summed E-state index contributed by atoms with van der Waals surface area (Å²) in [5.41, 5.74) is 1.88. The average molecular weight is 414 g/mol.